The maximum absolute atomic E-state index is 13.8. The van der Waals surface area contributed by atoms with Crippen molar-refractivity contribution in [3.05, 3.63) is 47.5 Å². The van der Waals surface area contributed by atoms with Crippen molar-refractivity contribution >= 4 is 0 Å². The normalized spacial score (nSPS) is 10.7. The molecule has 2 N–H and O–H groups in total. The molecule has 0 atom stereocenters. The number of nitrogens with zero attached hydrogens (tertiary/aromatic N) is 2. The SMILES string of the molecule is Cc1ccn(-c2ccc(CCN)cc2F)n1. The van der Waals surface area contributed by atoms with Crippen LogP contribution in [0.4, 0.5) is 4.39 Å². The van der Waals surface area contributed by atoms with Gasteiger partial charge < -0.3 is 5.73 Å². The van der Waals surface area contributed by atoms with E-state index in [0.29, 0.717) is 18.7 Å². The van der Waals surface area contributed by atoms with E-state index in [9.17, 15) is 4.39 Å². The van der Waals surface area contributed by atoms with Crippen molar-refractivity contribution in [3.63, 3.8) is 0 Å². The van der Waals surface area contributed by atoms with Gasteiger partial charge in [0.1, 0.15) is 11.5 Å². The molecule has 1 heterocycles. The fraction of sp³-hybridized carbons (Fsp3) is 0.250. The Bertz CT molecular complexity index is 491. The summed E-state index contributed by atoms with van der Waals surface area (Å²) < 4.78 is 15.3. The van der Waals surface area contributed by atoms with Crippen LogP contribution in [0.1, 0.15) is 11.3 Å². The van der Waals surface area contributed by atoms with Gasteiger partial charge in [0.15, 0.2) is 0 Å². The molecule has 1 aromatic heterocycles. The molecule has 0 aliphatic rings. The van der Waals surface area contributed by atoms with Crippen molar-refractivity contribution in [2.45, 2.75) is 13.3 Å². The van der Waals surface area contributed by atoms with Crippen LogP contribution in [-0.4, -0.2) is 16.3 Å². The van der Waals surface area contributed by atoms with Gasteiger partial charge in [0.05, 0.1) is 5.69 Å². The van der Waals surface area contributed by atoms with Gasteiger partial charge in [-0.2, -0.15) is 5.10 Å². The van der Waals surface area contributed by atoms with E-state index in [1.807, 2.05) is 19.1 Å². The maximum atomic E-state index is 13.8. The summed E-state index contributed by atoms with van der Waals surface area (Å²) in [6.07, 6.45) is 2.44. The number of aromatic nitrogens is 2. The minimum absolute atomic E-state index is 0.269. The van der Waals surface area contributed by atoms with Gasteiger partial charge in [0.2, 0.25) is 0 Å². The monoisotopic (exact) mass is 219 g/mol. The summed E-state index contributed by atoms with van der Waals surface area (Å²) in [7, 11) is 0. The lowest BCUT2D eigenvalue weighted by molar-refractivity contribution is 0.608. The summed E-state index contributed by atoms with van der Waals surface area (Å²) in [5.74, 6) is -0.269. The molecule has 84 valence electrons. The van der Waals surface area contributed by atoms with Gasteiger partial charge in [-0.25, -0.2) is 9.07 Å². The van der Waals surface area contributed by atoms with Crippen LogP contribution in [0.25, 0.3) is 5.69 Å². The molecule has 0 aliphatic heterocycles. The van der Waals surface area contributed by atoms with Gasteiger partial charge in [-0.15, -0.1) is 0 Å². The number of hydrogen-bond donors (Lipinski definition) is 1. The fourth-order valence-electron chi connectivity index (χ4n) is 1.61. The van der Waals surface area contributed by atoms with E-state index >= 15 is 0 Å². The molecule has 1 aromatic carbocycles. The Morgan fingerprint density at radius 2 is 2.19 bits per heavy atom. The first-order chi connectivity index (χ1) is 7.70. The quantitative estimate of drug-likeness (QED) is 0.855. The zero-order valence-corrected chi connectivity index (χ0v) is 9.15. The van der Waals surface area contributed by atoms with E-state index < -0.39 is 0 Å². The Kier molecular flexibility index (Phi) is 3.01. The molecule has 4 heteroatoms. The van der Waals surface area contributed by atoms with Crippen LogP contribution in [0.3, 0.4) is 0 Å². The zero-order valence-electron chi connectivity index (χ0n) is 9.15. The predicted molar refractivity (Wildman–Crippen MR) is 61.0 cm³/mol. The van der Waals surface area contributed by atoms with Crippen molar-refractivity contribution in [1.29, 1.82) is 0 Å². The highest BCUT2D eigenvalue weighted by Crippen LogP contribution is 2.15. The van der Waals surface area contributed by atoms with Gasteiger partial charge in [-0.05, 0) is 43.7 Å². The molecule has 2 rings (SSSR count). The molecule has 3 nitrogen and oxygen atoms in total. The largest absolute Gasteiger partial charge is 0.330 e. The molecule has 0 spiro atoms. The van der Waals surface area contributed by atoms with Crippen molar-refractivity contribution < 1.29 is 4.39 Å². The van der Waals surface area contributed by atoms with Crippen LogP contribution in [-0.2, 0) is 6.42 Å². The lowest BCUT2D eigenvalue weighted by atomic mass is 10.1. The summed E-state index contributed by atoms with van der Waals surface area (Å²) in [4.78, 5) is 0. The van der Waals surface area contributed by atoms with E-state index in [-0.39, 0.29) is 5.82 Å². The van der Waals surface area contributed by atoms with Crippen molar-refractivity contribution in [3.8, 4) is 5.69 Å². The number of rotatable bonds is 3. The van der Waals surface area contributed by atoms with Crippen LogP contribution in [0.15, 0.2) is 30.5 Å². The second-order valence-corrected chi connectivity index (χ2v) is 3.73. The van der Waals surface area contributed by atoms with Crippen molar-refractivity contribution in [2.75, 3.05) is 6.54 Å². The van der Waals surface area contributed by atoms with Crippen LogP contribution in [0, 0.1) is 12.7 Å². The lowest BCUT2D eigenvalue weighted by Crippen LogP contribution is -2.04. The topological polar surface area (TPSA) is 43.8 Å². The predicted octanol–water partition coefficient (Wildman–Crippen LogP) is 1.82. The Balaban J connectivity index is 2.36. The molecule has 16 heavy (non-hydrogen) atoms. The minimum atomic E-state index is -0.269. The highest BCUT2D eigenvalue weighted by molar-refractivity contribution is 5.36. The van der Waals surface area contributed by atoms with Gasteiger partial charge in [0.25, 0.3) is 0 Å². The van der Waals surface area contributed by atoms with E-state index in [1.54, 1.807) is 12.3 Å². The third-order valence-electron chi connectivity index (χ3n) is 2.41. The first kappa shape index (κ1) is 10.8. The van der Waals surface area contributed by atoms with Gasteiger partial charge >= 0.3 is 0 Å². The molecule has 0 bridgehead atoms. The van der Waals surface area contributed by atoms with Gasteiger partial charge in [-0.3, -0.25) is 0 Å². The summed E-state index contributed by atoms with van der Waals surface area (Å²) in [6.45, 7) is 2.40. The molecule has 0 radical (unpaired) electrons. The third-order valence-corrected chi connectivity index (χ3v) is 2.41. The summed E-state index contributed by atoms with van der Waals surface area (Å²) in [6, 6.07) is 6.96. The molecule has 0 aliphatic carbocycles. The van der Waals surface area contributed by atoms with Crippen molar-refractivity contribution in [2.24, 2.45) is 5.73 Å². The highest BCUT2D eigenvalue weighted by atomic mass is 19.1. The summed E-state index contributed by atoms with van der Waals surface area (Å²) in [5.41, 5.74) is 7.67. The van der Waals surface area contributed by atoms with Gasteiger partial charge in [-0.1, -0.05) is 6.07 Å². The first-order valence-corrected chi connectivity index (χ1v) is 5.22. The third kappa shape index (κ3) is 2.12. The number of hydrogen-bond acceptors (Lipinski definition) is 2. The highest BCUT2D eigenvalue weighted by Gasteiger charge is 2.06. The Morgan fingerprint density at radius 3 is 2.75 bits per heavy atom. The fourth-order valence-corrected chi connectivity index (χ4v) is 1.61. The van der Waals surface area contributed by atoms with Crippen LogP contribution < -0.4 is 5.73 Å². The van der Waals surface area contributed by atoms with Crippen molar-refractivity contribution in [1.82, 2.24) is 9.78 Å². The number of benzene rings is 1. The van der Waals surface area contributed by atoms with Crippen LogP contribution in [0.2, 0.25) is 0 Å². The molecular formula is C12H14FN3. The second-order valence-electron chi connectivity index (χ2n) is 3.73. The molecule has 0 saturated carbocycles. The molecule has 0 fully saturated rings. The first-order valence-electron chi connectivity index (χ1n) is 5.22. The number of halogens is 1. The lowest BCUT2D eigenvalue weighted by Gasteiger charge is -2.05. The van der Waals surface area contributed by atoms with Crippen LogP contribution >= 0.6 is 0 Å². The molecule has 0 unspecified atom stereocenters. The molecular weight excluding hydrogens is 205 g/mol. The Labute approximate surface area is 93.7 Å². The second kappa shape index (κ2) is 4.45. The van der Waals surface area contributed by atoms with Crippen LogP contribution in [0.5, 0.6) is 0 Å². The molecule has 2 aromatic rings. The number of nitrogens with two attached hydrogens (primary N) is 1. The molecule has 0 amide bonds. The Hall–Kier alpha value is -1.68. The van der Waals surface area contributed by atoms with E-state index in [0.717, 1.165) is 11.3 Å². The number of aryl methyl sites for hydroxylation is 1. The average molecular weight is 219 g/mol. The summed E-state index contributed by atoms with van der Waals surface area (Å²) in [5, 5.41) is 4.17. The standard InChI is InChI=1S/C12H14FN3/c1-9-5-7-16(15-9)12-3-2-10(4-6-14)8-11(12)13/h2-3,5,7-8H,4,6,14H2,1H3. The van der Waals surface area contributed by atoms with E-state index in [2.05, 4.69) is 5.10 Å². The minimum Gasteiger partial charge on any atom is -0.330 e. The zero-order chi connectivity index (χ0) is 11.5. The van der Waals surface area contributed by atoms with E-state index in [1.165, 1.54) is 10.7 Å². The smallest absolute Gasteiger partial charge is 0.149 e. The van der Waals surface area contributed by atoms with Gasteiger partial charge in [0, 0.05) is 6.20 Å². The molecule has 0 saturated heterocycles. The Morgan fingerprint density at radius 1 is 1.38 bits per heavy atom. The summed E-state index contributed by atoms with van der Waals surface area (Å²) >= 11 is 0. The van der Waals surface area contributed by atoms with E-state index in [4.69, 9.17) is 5.73 Å². The maximum Gasteiger partial charge on any atom is 0.149 e. The average Bonchev–Trinajstić information content (AvgIpc) is 2.65.